The SMILES string of the molecule is CCOc1cc(Br)cc(C2(CC(=O)NN)COC2)c1. The zero-order valence-corrected chi connectivity index (χ0v) is 12.3. The fraction of sp³-hybridized carbons (Fsp3) is 0.462. The van der Waals surface area contributed by atoms with Crippen LogP contribution in [0.5, 0.6) is 5.75 Å². The maximum Gasteiger partial charge on any atom is 0.234 e. The topological polar surface area (TPSA) is 73.6 Å². The van der Waals surface area contributed by atoms with Crippen molar-refractivity contribution in [2.75, 3.05) is 19.8 Å². The van der Waals surface area contributed by atoms with Crippen LogP contribution in [0.2, 0.25) is 0 Å². The lowest BCUT2D eigenvalue weighted by Crippen LogP contribution is -2.50. The van der Waals surface area contributed by atoms with Crippen molar-refractivity contribution in [3.63, 3.8) is 0 Å². The molecule has 0 aromatic heterocycles. The standard InChI is InChI=1S/C13H17BrN2O3/c1-2-19-11-4-9(3-10(14)5-11)13(7-18-8-13)6-12(17)16-15/h3-5H,2,6-8,15H2,1H3,(H,16,17). The third-order valence-electron chi connectivity index (χ3n) is 3.21. The highest BCUT2D eigenvalue weighted by atomic mass is 79.9. The molecule has 2 rings (SSSR count). The molecule has 1 aromatic carbocycles. The van der Waals surface area contributed by atoms with E-state index in [2.05, 4.69) is 21.4 Å². The predicted octanol–water partition coefficient (Wildman–Crippen LogP) is 1.50. The molecule has 5 nitrogen and oxygen atoms in total. The first-order valence-electron chi connectivity index (χ1n) is 6.11. The smallest absolute Gasteiger partial charge is 0.234 e. The Balaban J connectivity index is 2.29. The second kappa shape index (κ2) is 5.90. The van der Waals surface area contributed by atoms with Crippen LogP contribution in [0.3, 0.4) is 0 Å². The van der Waals surface area contributed by atoms with Crippen LogP contribution in [-0.4, -0.2) is 25.7 Å². The van der Waals surface area contributed by atoms with Crippen LogP contribution in [0, 0.1) is 0 Å². The van der Waals surface area contributed by atoms with Gasteiger partial charge >= 0.3 is 0 Å². The quantitative estimate of drug-likeness (QED) is 0.488. The lowest BCUT2D eigenvalue weighted by molar-refractivity contribution is -0.129. The van der Waals surface area contributed by atoms with Gasteiger partial charge in [-0.2, -0.15) is 0 Å². The van der Waals surface area contributed by atoms with Crippen molar-refractivity contribution in [2.45, 2.75) is 18.8 Å². The molecule has 1 saturated heterocycles. The van der Waals surface area contributed by atoms with E-state index in [1.165, 1.54) is 0 Å². The van der Waals surface area contributed by atoms with Crippen molar-refractivity contribution in [2.24, 2.45) is 5.84 Å². The average Bonchev–Trinajstić information content (AvgIpc) is 2.33. The Labute approximate surface area is 120 Å². The van der Waals surface area contributed by atoms with Crippen molar-refractivity contribution in [1.82, 2.24) is 5.43 Å². The molecule has 1 heterocycles. The highest BCUT2D eigenvalue weighted by Crippen LogP contribution is 2.38. The maximum absolute atomic E-state index is 11.6. The Hall–Kier alpha value is -1.11. The van der Waals surface area contributed by atoms with E-state index in [0.29, 0.717) is 26.2 Å². The molecule has 0 aliphatic carbocycles. The maximum atomic E-state index is 11.6. The highest BCUT2D eigenvalue weighted by molar-refractivity contribution is 9.10. The fourth-order valence-corrected chi connectivity index (χ4v) is 2.67. The predicted molar refractivity (Wildman–Crippen MR) is 74.8 cm³/mol. The number of hydrogen-bond acceptors (Lipinski definition) is 4. The third-order valence-corrected chi connectivity index (χ3v) is 3.67. The lowest BCUT2D eigenvalue weighted by Gasteiger charge is -2.41. The van der Waals surface area contributed by atoms with E-state index >= 15 is 0 Å². The first-order chi connectivity index (χ1) is 9.09. The number of benzene rings is 1. The Kier molecular flexibility index (Phi) is 4.44. The number of carbonyl (C=O) groups excluding carboxylic acids is 1. The van der Waals surface area contributed by atoms with Gasteiger partial charge in [0, 0.05) is 10.9 Å². The lowest BCUT2D eigenvalue weighted by atomic mass is 9.75. The molecule has 1 fully saturated rings. The Bertz CT molecular complexity index is 475. The van der Waals surface area contributed by atoms with Gasteiger partial charge in [-0.05, 0) is 30.7 Å². The van der Waals surface area contributed by atoms with Crippen LogP contribution in [0.4, 0.5) is 0 Å². The summed E-state index contributed by atoms with van der Waals surface area (Å²) >= 11 is 3.47. The summed E-state index contributed by atoms with van der Waals surface area (Å²) in [5.41, 5.74) is 2.90. The largest absolute Gasteiger partial charge is 0.494 e. The van der Waals surface area contributed by atoms with Crippen LogP contribution in [-0.2, 0) is 14.9 Å². The highest BCUT2D eigenvalue weighted by Gasteiger charge is 2.42. The summed E-state index contributed by atoms with van der Waals surface area (Å²) in [6, 6.07) is 5.86. The van der Waals surface area contributed by atoms with Crippen LogP contribution in [0.15, 0.2) is 22.7 Å². The van der Waals surface area contributed by atoms with Crippen LogP contribution < -0.4 is 16.0 Å². The number of nitrogens with two attached hydrogens (primary N) is 1. The molecule has 1 aliphatic heterocycles. The molecule has 19 heavy (non-hydrogen) atoms. The molecule has 0 saturated carbocycles. The molecular weight excluding hydrogens is 312 g/mol. The van der Waals surface area contributed by atoms with E-state index in [1.54, 1.807) is 0 Å². The van der Waals surface area contributed by atoms with E-state index in [1.807, 2.05) is 25.1 Å². The number of rotatable bonds is 5. The minimum Gasteiger partial charge on any atom is -0.494 e. The van der Waals surface area contributed by atoms with Gasteiger partial charge in [-0.15, -0.1) is 0 Å². The monoisotopic (exact) mass is 328 g/mol. The van der Waals surface area contributed by atoms with E-state index in [0.717, 1.165) is 15.8 Å². The van der Waals surface area contributed by atoms with Gasteiger partial charge in [-0.25, -0.2) is 5.84 Å². The van der Waals surface area contributed by atoms with Gasteiger partial charge in [-0.1, -0.05) is 15.9 Å². The molecular formula is C13H17BrN2O3. The van der Waals surface area contributed by atoms with Gasteiger partial charge in [0.1, 0.15) is 5.75 Å². The van der Waals surface area contributed by atoms with Gasteiger partial charge in [0.25, 0.3) is 0 Å². The molecule has 1 aromatic rings. The fourth-order valence-electron chi connectivity index (χ4n) is 2.20. The van der Waals surface area contributed by atoms with E-state index in [9.17, 15) is 4.79 Å². The van der Waals surface area contributed by atoms with Crippen LogP contribution >= 0.6 is 15.9 Å². The van der Waals surface area contributed by atoms with Crippen molar-refractivity contribution in [3.8, 4) is 5.75 Å². The Morgan fingerprint density at radius 3 is 2.79 bits per heavy atom. The Morgan fingerprint density at radius 2 is 2.26 bits per heavy atom. The molecule has 1 aliphatic rings. The second-order valence-corrected chi connectivity index (χ2v) is 5.54. The van der Waals surface area contributed by atoms with E-state index in [-0.39, 0.29) is 11.3 Å². The molecule has 3 N–H and O–H groups in total. The molecule has 0 radical (unpaired) electrons. The number of carbonyl (C=O) groups is 1. The van der Waals surface area contributed by atoms with Gasteiger partial charge in [0.2, 0.25) is 5.91 Å². The number of hydrazine groups is 1. The zero-order chi connectivity index (χ0) is 13.9. The van der Waals surface area contributed by atoms with Gasteiger partial charge in [0.15, 0.2) is 0 Å². The zero-order valence-electron chi connectivity index (χ0n) is 10.7. The van der Waals surface area contributed by atoms with Gasteiger partial charge in [0.05, 0.1) is 25.2 Å². The summed E-state index contributed by atoms with van der Waals surface area (Å²) in [5.74, 6) is 5.76. The van der Waals surface area contributed by atoms with E-state index < -0.39 is 0 Å². The minimum absolute atomic E-state index is 0.193. The molecule has 104 valence electrons. The summed E-state index contributed by atoms with van der Waals surface area (Å²) in [7, 11) is 0. The summed E-state index contributed by atoms with van der Waals surface area (Å²) in [5, 5.41) is 0. The first-order valence-corrected chi connectivity index (χ1v) is 6.90. The Morgan fingerprint density at radius 1 is 1.53 bits per heavy atom. The molecule has 0 bridgehead atoms. The van der Waals surface area contributed by atoms with Crippen LogP contribution in [0.25, 0.3) is 0 Å². The number of nitrogens with one attached hydrogen (secondary N) is 1. The van der Waals surface area contributed by atoms with Crippen molar-refractivity contribution in [3.05, 3.63) is 28.2 Å². The normalized spacial score (nSPS) is 16.6. The van der Waals surface area contributed by atoms with Crippen molar-refractivity contribution < 1.29 is 14.3 Å². The van der Waals surface area contributed by atoms with Crippen molar-refractivity contribution >= 4 is 21.8 Å². The number of hydrogen-bond donors (Lipinski definition) is 2. The summed E-state index contributed by atoms with van der Waals surface area (Å²) in [4.78, 5) is 11.6. The summed E-state index contributed by atoms with van der Waals surface area (Å²) < 4.78 is 11.8. The van der Waals surface area contributed by atoms with Gasteiger partial charge < -0.3 is 9.47 Å². The van der Waals surface area contributed by atoms with Crippen molar-refractivity contribution in [1.29, 1.82) is 0 Å². The van der Waals surface area contributed by atoms with Gasteiger partial charge in [-0.3, -0.25) is 10.2 Å². The summed E-state index contributed by atoms with van der Waals surface area (Å²) in [6.45, 7) is 3.57. The molecule has 0 spiro atoms. The summed E-state index contributed by atoms with van der Waals surface area (Å²) in [6.07, 6.45) is 0.311. The molecule has 0 atom stereocenters. The molecule has 1 amide bonds. The number of ether oxygens (including phenoxy) is 2. The molecule has 0 unspecified atom stereocenters. The average molecular weight is 329 g/mol. The van der Waals surface area contributed by atoms with E-state index in [4.69, 9.17) is 15.3 Å². The number of amides is 1. The first kappa shape index (κ1) is 14.3. The molecule has 6 heteroatoms. The second-order valence-electron chi connectivity index (χ2n) is 4.63. The van der Waals surface area contributed by atoms with Crippen LogP contribution in [0.1, 0.15) is 18.9 Å². The third kappa shape index (κ3) is 3.08. The minimum atomic E-state index is -0.306. The number of halogens is 1.